The highest BCUT2D eigenvalue weighted by molar-refractivity contribution is 6.17. The lowest BCUT2D eigenvalue weighted by atomic mass is 9.66. The molecule has 0 fully saturated rings. The highest BCUT2D eigenvalue weighted by atomic mass is 16.5. The number of hydrogen-bond acceptors (Lipinski definition) is 2. The van der Waals surface area contributed by atoms with Gasteiger partial charge in [0.05, 0.1) is 27.8 Å². The molecule has 11 aromatic carbocycles. The molecule has 0 unspecified atom stereocenters. The van der Waals surface area contributed by atoms with Crippen LogP contribution >= 0.6 is 0 Å². The molecule has 328 valence electrons. The van der Waals surface area contributed by atoms with Crippen LogP contribution in [-0.2, 0) is 5.41 Å². The van der Waals surface area contributed by atoms with E-state index in [2.05, 4.69) is 276 Å². The summed E-state index contributed by atoms with van der Waals surface area (Å²) in [6.07, 6.45) is 0. The predicted octanol–water partition coefficient (Wildman–Crippen LogP) is 17.7. The second-order valence-electron chi connectivity index (χ2n) is 18.3. The number of fused-ring (bicyclic) bond motifs is 12. The van der Waals surface area contributed by atoms with Crippen LogP contribution in [0, 0.1) is 0 Å². The van der Waals surface area contributed by atoms with Crippen molar-refractivity contribution in [2.75, 3.05) is 4.90 Å². The fraction of sp³-hybridized carbons (Fsp3) is 0.0149. The van der Waals surface area contributed by atoms with E-state index in [1.165, 1.54) is 55.3 Å². The third-order valence-corrected chi connectivity index (χ3v) is 14.7. The first-order valence-corrected chi connectivity index (χ1v) is 24.1. The van der Waals surface area contributed by atoms with Crippen molar-refractivity contribution < 1.29 is 4.74 Å². The molecule has 0 N–H and O–H groups in total. The zero-order valence-corrected chi connectivity index (χ0v) is 38.2. The van der Waals surface area contributed by atoms with Crippen LogP contribution in [0.25, 0.3) is 72.0 Å². The first-order chi connectivity index (χ1) is 34.8. The maximum atomic E-state index is 6.77. The van der Waals surface area contributed by atoms with Crippen LogP contribution in [-0.4, -0.2) is 4.57 Å². The van der Waals surface area contributed by atoms with E-state index in [1.807, 2.05) is 0 Å². The molecule has 0 saturated carbocycles. The summed E-state index contributed by atoms with van der Waals surface area (Å²) < 4.78 is 9.19. The van der Waals surface area contributed by atoms with Crippen molar-refractivity contribution in [1.29, 1.82) is 0 Å². The van der Waals surface area contributed by atoms with E-state index in [0.29, 0.717) is 0 Å². The molecular formula is C67H44N2O. The predicted molar refractivity (Wildman–Crippen MR) is 289 cm³/mol. The monoisotopic (exact) mass is 892 g/mol. The van der Waals surface area contributed by atoms with Gasteiger partial charge in [-0.3, -0.25) is 0 Å². The number of nitrogens with zero attached hydrogens (tertiary/aromatic N) is 2. The summed E-state index contributed by atoms with van der Waals surface area (Å²) in [6.45, 7) is 0. The van der Waals surface area contributed by atoms with Crippen LogP contribution in [0.2, 0.25) is 0 Å². The van der Waals surface area contributed by atoms with E-state index >= 15 is 0 Å². The molecular weight excluding hydrogens is 849 g/mol. The molecule has 0 amide bonds. The summed E-state index contributed by atoms with van der Waals surface area (Å²) in [5, 5.41) is 2.37. The van der Waals surface area contributed by atoms with Crippen molar-refractivity contribution in [3.63, 3.8) is 0 Å². The molecule has 12 aromatic rings. The number of aromatic nitrogens is 1. The van der Waals surface area contributed by atoms with E-state index in [0.717, 1.165) is 67.5 Å². The maximum Gasteiger partial charge on any atom is 0.132 e. The minimum atomic E-state index is -0.637. The van der Waals surface area contributed by atoms with E-state index in [1.54, 1.807) is 0 Å². The van der Waals surface area contributed by atoms with E-state index in [9.17, 15) is 0 Å². The highest BCUT2D eigenvalue weighted by Gasteiger charge is 2.51. The summed E-state index contributed by atoms with van der Waals surface area (Å²) in [6, 6.07) is 97.3. The molecule has 3 nitrogen and oxygen atoms in total. The topological polar surface area (TPSA) is 17.4 Å². The van der Waals surface area contributed by atoms with Gasteiger partial charge >= 0.3 is 0 Å². The fourth-order valence-corrected chi connectivity index (χ4v) is 11.9. The Hall–Kier alpha value is -9.18. The second kappa shape index (κ2) is 16.0. The van der Waals surface area contributed by atoms with Crippen LogP contribution < -0.4 is 9.64 Å². The van der Waals surface area contributed by atoms with Gasteiger partial charge in [0.2, 0.25) is 0 Å². The number of rotatable bonds is 7. The minimum Gasteiger partial charge on any atom is -0.457 e. The third-order valence-electron chi connectivity index (χ3n) is 14.7. The molecule has 1 spiro atoms. The first-order valence-electron chi connectivity index (χ1n) is 24.1. The summed E-state index contributed by atoms with van der Waals surface area (Å²) in [7, 11) is 0. The average Bonchev–Trinajstić information content (AvgIpc) is 3.93. The highest BCUT2D eigenvalue weighted by Crippen LogP contribution is 2.63. The second-order valence-corrected chi connectivity index (χ2v) is 18.3. The largest absolute Gasteiger partial charge is 0.457 e. The zero-order chi connectivity index (χ0) is 46.2. The van der Waals surface area contributed by atoms with Gasteiger partial charge in [0, 0.05) is 38.8 Å². The number of anilines is 3. The molecule has 0 saturated heterocycles. The van der Waals surface area contributed by atoms with Gasteiger partial charge in [-0.2, -0.15) is 0 Å². The van der Waals surface area contributed by atoms with Crippen molar-refractivity contribution in [2.45, 2.75) is 5.41 Å². The summed E-state index contributed by atoms with van der Waals surface area (Å²) in [5.74, 6) is 1.75. The molecule has 1 aliphatic heterocycles. The van der Waals surface area contributed by atoms with Gasteiger partial charge in [0.15, 0.2) is 0 Å². The Bertz CT molecular complexity index is 3950. The molecule has 0 bridgehead atoms. The standard InChI is InChI=1S/C67H44N2O/c1-3-22-45(23-4-1)48-26-7-8-27-49(48)50-28-9-10-29-51(50)54-31-12-17-36-60(54)69(63-39-21-38-62-66(63)55-32-13-18-37-61(55)68(62)46-24-5-2-6-25-46)47-42-43-53-52-30-11-14-33-56(52)67(59(53)44-47)57-34-15-19-40-64(57)70-65-41-20-16-35-58(65)67/h1-44H. The molecule has 1 aliphatic carbocycles. The maximum absolute atomic E-state index is 6.77. The molecule has 14 rings (SSSR count). The zero-order valence-electron chi connectivity index (χ0n) is 38.2. The number of ether oxygens (including phenoxy) is 1. The SMILES string of the molecule is c1ccc(-c2ccccc2-c2ccccc2-c2ccccc2N(c2ccc3c(c2)C2(c4ccccc4Oc4ccccc42)c2ccccc2-3)c2cccc3c2c2ccccc2n3-c2ccccc2)cc1. The Balaban J connectivity index is 1.08. The lowest BCUT2D eigenvalue weighted by molar-refractivity contribution is 0.436. The molecule has 0 radical (unpaired) electrons. The van der Waals surface area contributed by atoms with E-state index in [-0.39, 0.29) is 0 Å². The third kappa shape index (κ3) is 5.88. The van der Waals surface area contributed by atoms with Crippen molar-refractivity contribution in [1.82, 2.24) is 4.57 Å². The van der Waals surface area contributed by atoms with Gasteiger partial charge in [-0.15, -0.1) is 0 Å². The normalized spacial score (nSPS) is 12.8. The van der Waals surface area contributed by atoms with Crippen molar-refractivity contribution in [3.8, 4) is 61.7 Å². The van der Waals surface area contributed by atoms with Gasteiger partial charge in [-0.25, -0.2) is 0 Å². The van der Waals surface area contributed by atoms with Crippen molar-refractivity contribution >= 4 is 38.9 Å². The number of hydrogen-bond donors (Lipinski definition) is 0. The van der Waals surface area contributed by atoms with Gasteiger partial charge in [-0.05, 0) is 111 Å². The van der Waals surface area contributed by atoms with Crippen molar-refractivity contribution in [2.24, 2.45) is 0 Å². The molecule has 2 aliphatic rings. The van der Waals surface area contributed by atoms with Crippen LogP contribution in [0.15, 0.2) is 267 Å². The molecule has 1 aromatic heterocycles. The molecule has 3 heteroatoms. The molecule has 2 heterocycles. The Morgan fingerprint density at radius 1 is 0.329 bits per heavy atom. The van der Waals surface area contributed by atoms with Gasteiger partial charge in [-0.1, -0.05) is 206 Å². The Morgan fingerprint density at radius 3 is 1.56 bits per heavy atom. The quantitative estimate of drug-likeness (QED) is 0.159. The Morgan fingerprint density at radius 2 is 0.829 bits per heavy atom. The molecule has 70 heavy (non-hydrogen) atoms. The number of benzene rings is 11. The Kier molecular flexibility index (Phi) is 9.11. The number of para-hydroxylation sites is 5. The van der Waals surface area contributed by atoms with Gasteiger partial charge in [0.25, 0.3) is 0 Å². The minimum absolute atomic E-state index is 0.637. The summed E-state index contributed by atoms with van der Waals surface area (Å²) >= 11 is 0. The lowest BCUT2D eigenvalue weighted by Gasteiger charge is -2.39. The van der Waals surface area contributed by atoms with E-state index in [4.69, 9.17) is 4.74 Å². The van der Waals surface area contributed by atoms with Crippen LogP contribution in [0.4, 0.5) is 17.1 Å². The average molecular weight is 893 g/mol. The molecule has 0 atom stereocenters. The smallest absolute Gasteiger partial charge is 0.132 e. The Labute approximate surface area is 407 Å². The van der Waals surface area contributed by atoms with Crippen LogP contribution in [0.3, 0.4) is 0 Å². The fourth-order valence-electron chi connectivity index (χ4n) is 11.9. The summed E-state index contributed by atoms with van der Waals surface area (Å²) in [5.41, 5.74) is 20.3. The van der Waals surface area contributed by atoms with E-state index < -0.39 is 5.41 Å². The van der Waals surface area contributed by atoms with Gasteiger partial charge in [0.1, 0.15) is 11.5 Å². The van der Waals surface area contributed by atoms with Crippen LogP contribution in [0.1, 0.15) is 22.3 Å². The van der Waals surface area contributed by atoms with Crippen LogP contribution in [0.5, 0.6) is 11.5 Å². The first kappa shape index (κ1) is 39.9. The van der Waals surface area contributed by atoms with Crippen molar-refractivity contribution in [3.05, 3.63) is 289 Å². The summed E-state index contributed by atoms with van der Waals surface area (Å²) in [4.78, 5) is 2.54. The van der Waals surface area contributed by atoms with Gasteiger partial charge < -0.3 is 14.2 Å². The lowest BCUT2D eigenvalue weighted by Crippen LogP contribution is -2.32.